The van der Waals surface area contributed by atoms with E-state index in [1.165, 1.54) is 27.3 Å². The molecule has 2 amide bonds. The molecule has 5 saturated heterocycles. The summed E-state index contributed by atoms with van der Waals surface area (Å²) < 4.78 is 101. The summed E-state index contributed by atoms with van der Waals surface area (Å²) in [6.07, 6.45) is 12.6. The standard InChI is InChI=1S/C25H35N3O2S.C18H23BrN2O2S.2C13H24BNO2.C8H12F3NO3S.C7H13NO/c1-16-7-9-21(28(14-16)24(29)30-25(3,4)5)18-8-10-22-20(13-18)26-23(31-22)19-11-12-27(6)15-17(19)2;1-11-5-7-14(21(10-11)17(22)23-18(2,3)4)12-6-8-15-13(9-12)20-16(19)24-15;2*1-10-9-15(6)8-7-11(10)14-16-12(2,3)13(4,5)17-14;1-6-5-12(2)4-3-7(6)15-16(13,14)8(9,10)11;1-6-5-8(2)4-3-7(6)9/h8,10-11,13,16-17,21H,7,9,12,14-15H2,1-6H3;6,8-9,11,14H,5,7,10H2,1-4H3;2*7,10H,8-9H2,1-6H3;3,6H,4-5H2,1-2H3;6H,3-5H2,1-2H3/t16-,17?,21?;11-,14?;;;;/m00..../s1. The second-order valence-corrected chi connectivity index (χ2v) is 42.2. The van der Waals surface area contributed by atoms with Crippen molar-refractivity contribution in [1.82, 2.24) is 44.3 Å². The van der Waals surface area contributed by atoms with E-state index >= 15 is 0 Å². The Bertz CT molecular complexity index is 4120. The number of likely N-dealkylation sites (tertiary alicyclic amines) is 3. The lowest BCUT2D eigenvalue weighted by Crippen LogP contribution is -2.44. The quantitative estimate of drug-likeness (QED) is 0.0960. The fourth-order valence-electron chi connectivity index (χ4n) is 15.2. The maximum atomic E-state index is 13.0. The summed E-state index contributed by atoms with van der Waals surface area (Å²) in [4.78, 5) is 60.9. The molecular weight excluding hydrogens is 1580 g/mol. The summed E-state index contributed by atoms with van der Waals surface area (Å²) in [6.45, 7) is 53.5. The topological polar surface area (TPSA) is 198 Å². The van der Waals surface area contributed by atoms with Crippen LogP contribution in [0.25, 0.3) is 26.0 Å². The Balaban J connectivity index is 0.000000177. The lowest BCUT2D eigenvalue weighted by molar-refractivity contribution is -0.125. The number of carbonyl (C=O) groups excluding carboxylic acids is 3. The van der Waals surface area contributed by atoms with Crippen LogP contribution in [0.2, 0.25) is 0 Å². The number of benzene rings is 2. The highest BCUT2D eigenvalue weighted by Gasteiger charge is 2.55. The maximum absolute atomic E-state index is 13.0. The number of amides is 2. The Morgan fingerprint density at radius 3 is 1.30 bits per heavy atom. The number of carbonyl (C=O) groups is 3. The smallest absolute Gasteiger partial charge is 0.444 e. The van der Waals surface area contributed by atoms with Gasteiger partial charge in [0.05, 0.1) is 54.9 Å². The van der Waals surface area contributed by atoms with Gasteiger partial charge < -0.3 is 66.6 Å². The Morgan fingerprint density at radius 2 is 0.912 bits per heavy atom. The van der Waals surface area contributed by atoms with Crippen molar-refractivity contribution in [2.75, 3.05) is 114 Å². The van der Waals surface area contributed by atoms with Gasteiger partial charge in [0.25, 0.3) is 0 Å². The average molecular weight is 1710 g/mol. The highest BCUT2D eigenvalue weighted by molar-refractivity contribution is 9.11. The van der Waals surface area contributed by atoms with Gasteiger partial charge in [-0.05, 0) is 261 Å². The molecule has 114 heavy (non-hydrogen) atoms. The van der Waals surface area contributed by atoms with Gasteiger partial charge in [0.15, 0.2) is 3.92 Å². The maximum Gasteiger partial charge on any atom is 0.534 e. The van der Waals surface area contributed by atoms with Gasteiger partial charge >= 0.3 is 42.0 Å². The van der Waals surface area contributed by atoms with Gasteiger partial charge in [-0.3, -0.25) is 4.79 Å². The first-order chi connectivity index (χ1) is 52.6. The number of aromatic nitrogens is 2. The molecule has 5 fully saturated rings. The predicted octanol–water partition coefficient (Wildman–Crippen LogP) is 17.8. The Morgan fingerprint density at radius 1 is 0.526 bits per heavy atom. The monoisotopic (exact) mass is 1710 g/mol. The zero-order valence-corrected chi connectivity index (χ0v) is 76.8. The molecule has 636 valence electrons. The largest absolute Gasteiger partial charge is 0.534 e. The van der Waals surface area contributed by atoms with E-state index in [4.69, 9.17) is 33.1 Å². The van der Waals surface area contributed by atoms with E-state index < -0.39 is 26.8 Å². The third kappa shape index (κ3) is 25.4. The van der Waals surface area contributed by atoms with Crippen molar-refractivity contribution in [3.05, 3.63) is 97.5 Å². The van der Waals surface area contributed by atoms with Crippen LogP contribution in [0.4, 0.5) is 22.8 Å². The zero-order chi connectivity index (χ0) is 84.9. The number of ether oxygens (including phenoxy) is 2. The van der Waals surface area contributed by atoms with Crippen LogP contribution in [0.1, 0.15) is 206 Å². The Kier molecular flexibility index (Phi) is 31.8. The molecule has 11 heterocycles. The van der Waals surface area contributed by atoms with E-state index in [-0.39, 0.29) is 78.5 Å². The number of alkyl halides is 3. The summed E-state index contributed by atoms with van der Waals surface area (Å²) in [7, 11) is 4.43. The molecule has 30 heteroatoms. The minimum Gasteiger partial charge on any atom is -0.444 e. The fraction of sp³-hybridized carbons (Fsp3) is 0.702. The number of hydrogen-bond acceptors (Lipinski definition) is 21. The molecule has 21 nitrogen and oxygen atoms in total. The van der Waals surface area contributed by atoms with E-state index in [9.17, 15) is 36.0 Å². The number of piperidine rings is 3. The molecule has 13 rings (SSSR count). The Labute approximate surface area is 696 Å². The normalized spacial score (nSPS) is 27.1. The molecule has 0 bridgehead atoms. The summed E-state index contributed by atoms with van der Waals surface area (Å²) in [5, 5.41) is 1.13. The van der Waals surface area contributed by atoms with Gasteiger partial charge in [0.2, 0.25) is 0 Å². The Hall–Kier alpha value is -4.82. The molecule has 0 saturated carbocycles. The first kappa shape index (κ1) is 94.7. The zero-order valence-electron chi connectivity index (χ0n) is 72.8. The number of halogens is 4. The number of ketones is 1. The number of likely N-dealkylation sites (N-methyl/N-ethyl adjacent to an activating group) is 4. The third-order valence-electron chi connectivity index (χ3n) is 23.1. The van der Waals surface area contributed by atoms with Gasteiger partial charge in [-0.15, -0.1) is 22.7 Å². The molecule has 4 aromatic rings. The van der Waals surface area contributed by atoms with E-state index in [2.05, 4.69) is 218 Å². The minimum atomic E-state index is -5.53. The SMILES string of the molecule is CC1CN(C)CC=C1B1OC(C)(C)C(C)(C)O1.CC1CN(C)CC=C1B1OC(C)(C)C(C)(C)O1.CC1CN(C)CC=C1OS(=O)(=O)C(F)(F)F.CC1CN(C)CC=C1c1nc2cc(C3CC[C@H](C)CN3C(=O)OC(C)(C)C)ccc2s1.CC1CN(C)CCC1=O.C[C@H]1CCC(c2ccc3sc(Br)nc3c2)N(C(=O)OC(C)(C)C)C1. The van der Waals surface area contributed by atoms with E-state index in [1.54, 1.807) is 36.6 Å². The molecule has 0 aliphatic carbocycles. The van der Waals surface area contributed by atoms with Crippen LogP contribution in [0.3, 0.4) is 0 Å². The van der Waals surface area contributed by atoms with Crippen LogP contribution in [0, 0.1) is 41.4 Å². The van der Waals surface area contributed by atoms with Crippen LogP contribution >= 0.6 is 38.6 Å². The molecular formula is C84H131B2BrF3N9O12S3. The van der Waals surface area contributed by atoms with Crippen molar-refractivity contribution in [2.45, 2.75) is 229 Å². The first-order valence-electron chi connectivity index (χ1n) is 40.6. The van der Waals surface area contributed by atoms with Crippen molar-refractivity contribution in [2.24, 2.45) is 41.4 Å². The van der Waals surface area contributed by atoms with Gasteiger partial charge in [-0.2, -0.15) is 21.6 Å². The van der Waals surface area contributed by atoms with E-state index in [1.807, 2.05) is 63.2 Å². The highest BCUT2D eigenvalue weighted by atomic mass is 79.9. The first-order valence-corrected chi connectivity index (χ1v) is 44.4. The molecule has 0 spiro atoms. The second-order valence-electron chi connectivity index (χ2n) is 37.3. The summed E-state index contributed by atoms with van der Waals surface area (Å²) in [6, 6.07) is 13.0. The van der Waals surface area contributed by atoms with Crippen molar-refractivity contribution >= 4 is 107 Å². The second kappa shape index (κ2) is 38.3. The molecule has 7 unspecified atom stereocenters. The molecule has 0 N–H and O–H groups in total. The van der Waals surface area contributed by atoms with E-state index in [0.717, 1.165) is 133 Å². The summed E-state index contributed by atoms with van der Waals surface area (Å²) in [5.74, 6) is 2.64. The number of hydrogen-bond donors (Lipinski definition) is 0. The fourth-order valence-corrected chi connectivity index (χ4v) is 18.3. The molecule has 2 aromatic carbocycles. The van der Waals surface area contributed by atoms with Crippen LogP contribution < -0.4 is 0 Å². The highest BCUT2D eigenvalue weighted by Crippen LogP contribution is 2.45. The van der Waals surface area contributed by atoms with Gasteiger partial charge in [0, 0.05) is 96.8 Å². The van der Waals surface area contributed by atoms with Crippen molar-refractivity contribution in [3.8, 4) is 0 Å². The molecule has 9 atom stereocenters. The van der Waals surface area contributed by atoms with Crippen LogP contribution in [-0.2, 0) is 47.2 Å². The molecule has 0 radical (unpaired) electrons. The predicted molar refractivity (Wildman–Crippen MR) is 458 cm³/mol. The van der Waals surface area contributed by atoms with E-state index in [0.29, 0.717) is 48.5 Å². The average Bonchev–Trinajstić information content (AvgIpc) is 1.62. The molecule has 9 aliphatic heterocycles. The number of rotatable bonds is 7. The van der Waals surface area contributed by atoms with Crippen LogP contribution in [0.15, 0.2) is 81.3 Å². The van der Waals surface area contributed by atoms with Gasteiger partial charge in [0.1, 0.15) is 27.8 Å². The third-order valence-corrected chi connectivity index (χ3v) is 26.7. The molecule has 9 aliphatic rings. The summed E-state index contributed by atoms with van der Waals surface area (Å²) >= 11 is 6.84. The number of nitrogens with zero attached hydrogens (tertiary/aromatic N) is 9. The lowest BCUT2D eigenvalue weighted by atomic mass is 9.70. The number of Topliss-reactive ketones (excluding diaryl/α,β-unsaturated/α-hetero) is 1. The molecule has 2 aromatic heterocycles. The number of fused-ring (bicyclic) bond motifs is 2. The van der Waals surface area contributed by atoms with Gasteiger partial charge in [-0.25, -0.2) is 19.6 Å². The van der Waals surface area contributed by atoms with Crippen molar-refractivity contribution in [1.29, 1.82) is 0 Å². The minimum absolute atomic E-state index is 0.0436. The van der Waals surface area contributed by atoms with Crippen LogP contribution in [-0.4, -0.2) is 238 Å². The summed E-state index contributed by atoms with van der Waals surface area (Å²) in [5.41, 5.74) is 1.00. The van der Waals surface area contributed by atoms with Gasteiger partial charge in [-0.1, -0.05) is 78.8 Å². The lowest BCUT2D eigenvalue weighted by Gasteiger charge is -2.39. The van der Waals surface area contributed by atoms with Crippen molar-refractivity contribution < 1.29 is 68.2 Å². The van der Waals surface area contributed by atoms with Crippen molar-refractivity contribution in [3.63, 3.8) is 0 Å². The number of thiazole rings is 2. The van der Waals surface area contributed by atoms with Crippen LogP contribution in [0.5, 0.6) is 0 Å².